The number of phenols is 2. The number of hydrogen-bond acceptors (Lipinski definition) is 6. The van der Waals surface area contributed by atoms with Gasteiger partial charge in [0.1, 0.15) is 34.5 Å². The lowest BCUT2D eigenvalue weighted by molar-refractivity contribution is 0.174. The SMILES string of the molecule is C=C(C)CC(O)c1cc(-c2coc3cc(OC)cc(O)c3c2=O)ccc1O. The second-order valence-electron chi connectivity index (χ2n) is 6.45. The Morgan fingerprint density at radius 1 is 1.22 bits per heavy atom. The van der Waals surface area contributed by atoms with E-state index < -0.39 is 11.5 Å². The maximum atomic E-state index is 12.9. The van der Waals surface area contributed by atoms with Crippen molar-refractivity contribution in [2.45, 2.75) is 19.4 Å². The van der Waals surface area contributed by atoms with E-state index in [1.807, 2.05) is 0 Å². The number of rotatable bonds is 5. The Hall–Kier alpha value is -3.25. The highest BCUT2D eigenvalue weighted by Gasteiger charge is 2.18. The first-order chi connectivity index (χ1) is 12.8. The van der Waals surface area contributed by atoms with Gasteiger partial charge in [-0.25, -0.2) is 0 Å². The standard InChI is InChI=1S/C21H20O6/c1-11(2)6-17(23)14-7-12(4-5-16(14)22)15-10-27-19-9-13(26-3)8-18(24)20(19)21(15)25/h4-5,7-10,17,22-24H,1,6H2,2-3H3. The fourth-order valence-electron chi connectivity index (χ4n) is 2.95. The molecule has 0 aliphatic heterocycles. The maximum Gasteiger partial charge on any atom is 0.204 e. The van der Waals surface area contributed by atoms with Gasteiger partial charge < -0.3 is 24.5 Å². The van der Waals surface area contributed by atoms with Crippen LogP contribution < -0.4 is 10.2 Å². The van der Waals surface area contributed by atoms with Crippen LogP contribution in [0.25, 0.3) is 22.1 Å². The minimum Gasteiger partial charge on any atom is -0.508 e. The Morgan fingerprint density at radius 2 is 1.96 bits per heavy atom. The number of hydrogen-bond donors (Lipinski definition) is 3. The lowest BCUT2D eigenvalue weighted by atomic mass is 9.97. The summed E-state index contributed by atoms with van der Waals surface area (Å²) in [6, 6.07) is 7.33. The molecule has 1 aromatic heterocycles. The molecule has 140 valence electrons. The molecule has 3 N–H and O–H groups in total. The quantitative estimate of drug-likeness (QED) is 0.591. The summed E-state index contributed by atoms with van der Waals surface area (Å²) in [4.78, 5) is 12.9. The van der Waals surface area contributed by atoms with E-state index in [1.165, 1.54) is 37.6 Å². The molecule has 6 heteroatoms. The van der Waals surface area contributed by atoms with Crippen LogP contribution in [0.5, 0.6) is 17.2 Å². The predicted octanol–water partition coefficient (Wildman–Crippen LogP) is 3.88. The molecule has 2 aromatic carbocycles. The minimum absolute atomic E-state index is 0.0328. The molecule has 1 unspecified atom stereocenters. The van der Waals surface area contributed by atoms with Crippen molar-refractivity contribution in [3.05, 3.63) is 64.5 Å². The third kappa shape index (κ3) is 3.52. The smallest absolute Gasteiger partial charge is 0.204 e. The molecule has 0 fully saturated rings. The van der Waals surface area contributed by atoms with Crippen molar-refractivity contribution in [3.63, 3.8) is 0 Å². The van der Waals surface area contributed by atoms with Gasteiger partial charge in [0.05, 0.1) is 18.8 Å². The molecule has 0 saturated carbocycles. The summed E-state index contributed by atoms with van der Waals surface area (Å²) < 4.78 is 10.6. The lowest BCUT2D eigenvalue weighted by Crippen LogP contribution is -2.06. The molecule has 27 heavy (non-hydrogen) atoms. The summed E-state index contributed by atoms with van der Waals surface area (Å²) in [6.45, 7) is 5.54. The fraction of sp³-hybridized carbons (Fsp3) is 0.190. The molecule has 1 atom stereocenters. The molecule has 0 radical (unpaired) electrons. The van der Waals surface area contributed by atoms with Crippen molar-refractivity contribution in [1.82, 2.24) is 0 Å². The molecule has 0 aliphatic rings. The molecule has 0 bridgehead atoms. The van der Waals surface area contributed by atoms with E-state index in [1.54, 1.807) is 13.0 Å². The summed E-state index contributed by atoms with van der Waals surface area (Å²) in [7, 11) is 1.45. The first kappa shape index (κ1) is 18.5. The zero-order valence-corrected chi connectivity index (χ0v) is 15.0. The van der Waals surface area contributed by atoms with Gasteiger partial charge >= 0.3 is 0 Å². The summed E-state index contributed by atoms with van der Waals surface area (Å²) in [5.41, 5.74) is 1.47. The number of aromatic hydroxyl groups is 2. The van der Waals surface area contributed by atoms with Crippen LogP contribution in [0.2, 0.25) is 0 Å². The van der Waals surface area contributed by atoms with Crippen molar-refractivity contribution in [1.29, 1.82) is 0 Å². The third-order valence-electron chi connectivity index (χ3n) is 4.31. The Kier molecular flexibility index (Phi) is 4.92. The van der Waals surface area contributed by atoms with E-state index in [2.05, 4.69) is 6.58 Å². The van der Waals surface area contributed by atoms with Gasteiger partial charge in [-0.15, -0.1) is 6.58 Å². The van der Waals surface area contributed by atoms with E-state index in [9.17, 15) is 20.1 Å². The van der Waals surface area contributed by atoms with Crippen LogP contribution in [0.1, 0.15) is 25.0 Å². The highest BCUT2D eigenvalue weighted by molar-refractivity contribution is 5.88. The number of aliphatic hydroxyl groups is 1. The molecule has 3 rings (SSSR count). The van der Waals surface area contributed by atoms with Gasteiger partial charge in [0.15, 0.2) is 0 Å². The highest BCUT2D eigenvalue weighted by Crippen LogP contribution is 2.34. The summed E-state index contributed by atoms with van der Waals surface area (Å²) in [5.74, 6) is 0.0391. The number of benzene rings is 2. The van der Waals surface area contributed by atoms with Crippen LogP contribution in [0.3, 0.4) is 0 Å². The molecule has 1 heterocycles. The van der Waals surface area contributed by atoms with Gasteiger partial charge in [0.2, 0.25) is 5.43 Å². The van der Waals surface area contributed by atoms with E-state index >= 15 is 0 Å². The number of methoxy groups -OCH3 is 1. The van der Waals surface area contributed by atoms with E-state index in [0.717, 1.165) is 5.57 Å². The molecule has 6 nitrogen and oxygen atoms in total. The zero-order chi connectivity index (χ0) is 19.7. The summed E-state index contributed by atoms with van der Waals surface area (Å²) in [6.07, 6.45) is 0.613. The predicted molar refractivity (Wildman–Crippen MR) is 102 cm³/mol. The van der Waals surface area contributed by atoms with E-state index in [4.69, 9.17) is 9.15 Å². The first-order valence-electron chi connectivity index (χ1n) is 8.30. The maximum absolute atomic E-state index is 12.9. The monoisotopic (exact) mass is 368 g/mol. The van der Waals surface area contributed by atoms with Crippen molar-refractivity contribution in [3.8, 4) is 28.4 Å². The molecule has 0 spiro atoms. The molecule has 3 aromatic rings. The molecular formula is C21H20O6. The fourth-order valence-corrected chi connectivity index (χ4v) is 2.95. The second-order valence-corrected chi connectivity index (χ2v) is 6.45. The van der Waals surface area contributed by atoms with E-state index in [-0.39, 0.29) is 40.0 Å². The highest BCUT2D eigenvalue weighted by atomic mass is 16.5. The van der Waals surface area contributed by atoms with Crippen molar-refractivity contribution in [2.24, 2.45) is 0 Å². The molecule has 0 amide bonds. The largest absolute Gasteiger partial charge is 0.508 e. The Morgan fingerprint density at radius 3 is 2.63 bits per heavy atom. The van der Waals surface area contributed by atoms with Gasteiger partial charge in [0, 0.05) is 17.7 Å². The van der Waals surface area contributed by atoms with Crippen LogP contribution in [0.4, 0.5) is 0 Å². The van der Waals surface area contributed by atoms with Gasteiger partial charge in [-0.1, -0.05) is 11.6 Å². The Labute approximate surface area is 155 Å². The van der Waals surface area contributed by atoms with Gasteiger partial charge in [-0.05, 0) is 31.0 Å². The number of aliphatic hydroxyl groups excluding tert-OH is 1. The van der Waals surface area contributed by atoms with Crippen molar-refractivity contribution >= 4 is 11.0 Å². The minimum atomic E-state index is -0.951. The lowest BCUT2D eigenvalue weighted by Gasteiger charge is -2.14. The van der Waals surface area contributed by atoms with Crippen LogP contribution >= 0.6 is 0 Å². The summed E-state index contributed by atoms with van der Waals surface area (Å²) in [5, 5.41) is 30.6. The second kappa shape index (κ2) is 7.17. The number of fused-ring (bicyclic) bond motifs is 1. The average Bonchev–Trinajstić information content (AvgIpc) is 2.61. The zero-order valence-electron chi connectivity index (χ0n) is 15.0. The van der Waals surface area contributed by atoms with Gasteiger partial charge in [-0.2, -0.15) is 0 Å². The van der Waals surface area contributed by atoms with Crippen molar-refractivity contribution in [2.75, 3.05) is 7.11 Å². The van der Waals surface area contributed by atoms with Crippen LogP contribution in [0, 0.1) is 0 Å². The van der Waals surface area contributed by atoms with Crippen LogP contribution in [-0.4, -0.2) is 22.4 Å². The Bertz CT molecular complexity index is 1080. The van der Waals surface area contributed by atoms with Gasteiger partial charge in [0.25, 0.3) is 0 Å². The van der Waals surface area contributed by atoms with Crippen LogP contribution in [-0.2, 0) is 0 Å². The average molecular weight is 368 g/mol. The number of ether oxygens (including phenoxy) is 1. The third-order valence-corrected chi connectivity index (χ3v) is 4.31. The van der Waals surface area contributed by atoms with Crippen molar-refractivity contribution < 1.29 is 24.5 Å². The number of phenolic OH excluding ortho intramolecular Hbond substituents is 2. The Balaban J connectivity index is 2.16. The molecule has 0 saturated heterocycles. The topological polar surface area (TPSA) is 100 Å². The molecular weight excluding hydrogens is 348 g/mol. The van der Waals surface area contributed by atoms with Gasteiger partial charge in [-0.3, -0.25) is 4.79 Å². The van der Waals surface area contributed by atoms with E-state index in [0.29, 0.717) is 11.3 Å². The first-order valence-corrected chi connectivity index (χ1v) is 8.30. The molecule has 0 aliphatic carbocycles. The summed E-state index contributed by atoms with van der Waals surface area (Å²) >= 11 is 0. The normalized spacial score (nSPS) is 12.1. The van der Waals surface area contributed by atoms with Crippen LogP contribution in [0.15, 0.2) is 58.0 Å².